The lowest BCUT2D eigenvalue weighted by molar-refractivity contribution is -0.120. The summed E-state index contributed by atoms with van der Waals surface area (Å²) in [5.41, 5.74) is 1.07. The largest absolute Gasteiger partial charge is 0.356 e. The second-order valence-corrected chi connectivity index (χ2v) is 5.79. The number of amides is 1. The minimum atomic E-state index is 0.114. The third-order valence-corrected chi connectivity index (χ3v) is 4.16. The lowest BCUT2D eigenvalue weighted by Crippen LogP contribution is -2.31. The van der Waals surface area contributed by atoms with Crippen molar-refractivity contribution >= 4 is 16.7 Å². The van der Waals surface area contributed by atoms with Crippen molar-refractivity contribution in [3.05, 3.63) is 48.0 Å². The molecule has 3 rings (SSSR count). The number of nitrogens with one attached hydrogen (secondary N) is 2. The van der Waals surface area contributed by atoms with E-state index in [9.17, 15) is 4.79 Å². The van der Waals surface area contributed by atoms with Gasteiger partial charge in [0.15, 0.2) is 0 Å². The van der Waals surface area contributed by atoms with E-state index in [1.165, 1.54) is 23.6 Å². The Morgan fingerprint density at radius 1 is 1.19 bits per heavy atom. The van der Waals surface area contributed by atoms with Crippen LogP contribution in [-0.2, 0) is 11.2 Å². The van der Waals surface area contributed by atoms with Crippen molar-refractivity contribution in [1.29, 1.82) is 0 Å². The zero-order chi connectivity index (χ0) is 14.5. The number of carbonyl (C=O) groups is 1. The monoisotopic (exact) mass is 282 g/mol. The normalized spacial score (nSPS) is 18.0. The van der Waals surface area contributed by atoms with Crippen LogP contribution in [0.4, 0.5) is 0 Å². The Morgan fingerprint density at radius 2 is 2.05 bits per heavy atom. The number of carbonyl (C=O) groups excluding carboxylic acids is 1. The predicted molar refractivity (Wildman–Crippen MR) is 86.3 cm³/mol. The molecule has 1 aliphatic heterocycles. The fraction of sp³-hybridized carbons (Fsp3) is 0.389. The van der Waals surface area contributed by atoms with Gasteiger partial charge in [0.05, 0.1) is 6.42 Å². The fourth-order valence-corrected chi connectivity index (χ4v) is 2.99. The molecule has 110 valence electrons. The molecule has 1 heterocycles. The van der Waals surface area contributed by atoms with Crippen molar-refractivity contribution in [2.45, 2.75) is 31.7 Å². The van der Waals surface area contributed by atoms with Crippen LogP contribution in [0.1, 0.15) is 24.8 Å². The Morgan fingerprint density at radius 3 is 2.86 bits per heavy atom. The van der Waals surface area contributed by atoms with Gasteiger partial charge in [0.1, 0.15) is 0 Å². The number of benzene rings is 2. The van der Waals surface area contributed by atoms with Crippen LogP contribution in [0.25, 0.3) is 10.8 Å². The van der Waals surface area contributed by atoms with Crippen molar-refractivity contribution in [1.82, 2.24) is 10.6 Å². The smallest absolute Gasteiger partial charge is 0.224 e. The quantitative estimate of drug-likeness (QED) is 0.885. The van der Waals surface area contributed by atoms with Gasteiger partial charge < -0.3 is 10.6 Å². The van der Waals surface area contributed by atoms with Gasteiger partial charge in [-0.3, -0.25) is 4.79 Å². The summed E-state index contributed by atoms with van der Waals surface area (Å²) >= 11 is 0. The van der Waals surface area contributed by atoms with Gasteiger partial charge in [0.2, 0.25) is 5.91 Å². The molecular formula is C18H22N2O. The van der Waals surface area contributed by atoms with Crippen LogP contribution in [0.3, 0.4) is 0 Å². The molecule has 0 radical (unpaired) electrons. The molecule has 2 aromatic rings. The van der Waals surface area contributed by atoms with Gasteiger partial charge in [-0.05, 0) is 42.1 Å². The van der Waals surface area contributed by atoms with Crippen LogP contribution in [0.2, 0.25) is 0 Å². The summed E-state index contributed by atoms with van der Waals surface area (Å²) < 4.78 is 0. The van der Waals surface area contributed by atoms with Gasteiger partial charge in [-0.2, -0.15) is 0 Å². The first-order valence-electron chi connectivity index (χ1n) is 7.79. The second-order valence-electron chi connectivity index (χ2n) is 5.79. The Hall–Kier alpha value is -1.87. The van der Waals surface area contributed by atoms with Crippen LogP contribution in [0.5, 0.6) is 0 Å². The molecule has 2 N–H and O–H groups in total. The van der Waals surface area contributed by atoms with E-state index in [0.29, 0.717) is 12.5 Å². The molecule has 1 aliphatic rings. The van der Waals surface area contributed by atoms with E-state index < -0.39 is 0 Å². The summed E-state index contributed by atoms with van der Waals surface area (Å²) in [5.74, 6) is 0.114. The van der Waals surface area contributed by atoms with E-state index in [1.807, 2.05) is 18.2 Å². The van der Waals surface area contributed by atoms with E-state index in [4.69, 9.17) is 0 Å². The molecule has 0 saturated carbocycles. The van der Waals surface area contributed by atoms with Crippen LogP contribution < -0.4 is 10.6 Å². The molecule has 0 bridgehead atoms. The Balaban J connectivity index is 1.50. The standard InChI is InChI=1S/C18H22N2O/c21-18(20-11-9-17-6-3-10-19-17)13-14-7-8-15-4-1-2-5-16(15)12-14/h1-2,4-5,7-8,12,17,19H,3,6,9-11,13H2,(H,20,21)/t17-/m1/s1. The highest BCUT2D eigenvalue weighted by Crippen LogP contribution is 2.16. The summed E-state index contributed by atoms with van der Waals surface area (Å²) in [7, 11) is 0. The van der Waals surface area contributed by atoms with Crippen molar-refractivity contribution in [2.24, 2.45) is 0 Å². The zero-order valence-corrected chi connectivity index (χ0v) is 12.3. The first-order valence-corrected chi connectivity index (χ1v) is 7.79. The number of rotatable bonds is 5. The van der Waals surface area contributed by atoms with Crippen LogP contribution in [-0.4, -0.2) is 25.0 Å². The molecule has 21 heavy (non-hydrogen) atoms. The third-order valence-electron chi connectivity index (χ3n) is 4.16. The van der Waals surface area contributed by atoms with Crippen LogP contribution in [0, 0.1) is 0 Å². The van der Waals surface area contributed by atoms with Crippen molar-refractivity contribution in [3.8, 4) is 0 Å². The summed E-state index contributed by atoms with van der Waals surface area (Å²) in [6.07, 6.45) is 3.99. The predicted octanol–water partition coefficient (Wildman–Crippen LogP) is 2.64. The average Bonchev–Trinajstić information content (AvgIpc) is 3.00. The molecule has 3 heteroatoms. The molecule has 0 unspecified atom stereocenters. The lowest BCUT2D eigenvalue weighted by Gasteiger charge is -2.11. The van der Waals surface area contributed by atoms with Crippen molar-refractivity contribution in [2.75, 3.05) is 13.1 Å². The third kappa shape index (κ3) is 3.82. The van der Waals surface area contributed by atoms with Crippen LogP contribution >= 0.6 is 0 Å². The highest BCUT2D eigenvalue weighted by atomic mass is 16.1. The molecule has 0 spiro atoms. The first-order chi connectivity index (χ1) is 10.3. The molecule has 2 aromatic carbocycles. The van der Waals surface area contributed by atoms with Gasteiger partial charge in [-0.15, -0.1) is 0 Å². The Labute approximate surface area is 125 Å². The number of hydrogen-bond donors (Lipinski definition) is 2. The molecular weight excluding hydrogens is 260 g/mol. The van der Waals surface area contributed by atoms with Crippen molar-refractivity contribution < 1.29 is 4.79 Å². The number of fused-ring (bicyclic) bond motifs is 1. The molecule has 0 aromatic heterocycles. The molecule has 3 nitrogen and oxygen atoms in total. The minimum Gasteiger partial charge on any atom is -0.356 e. The first kappa shape index (κ1) is 14.1. The maximum absolute atomic E-state index is 12.0. The van der Waals surface area contributed by atoms with Gasteiger partial charge in [0.25, 0.3) is 0 Å². The highest BCUT2D eigenvalue weighted by Gasteiger charge is 2.13. The minimum absolute atomic E-state index is 0.114. The topological polar surface area (TPSA) is 41.1 Å². The molecule has 1 saturated heterocycles. The average molecular weight is 282 g/mol. The molecule has 0 aliphatic carbocycles. The SMILES string of the molecule is O=C(Cc1ccc2ccccc2c1)NCC[C@H]1CCCN1. The van der Waals surface area contributed by atoms with Gasteiger partial charge in [0, 0.05) is 12.6 Å². The van der Waals surface area contributed by atoms with Crippen LogP contribution in [0.15, 0.2) is 42.5 Å². The molecule has 1 amide bonds. The van der Waals surface area contributed by atoms with Gasteiger partial charge >= 0.3 is 0 Å². The number of hydrogen-bond acceptors (Lipinski definition) is 2. The highest BCUT2D eigenvalue weighted by molar-refractivity contribution is 5.85. The lowest BCUT2D eigenvalue weighted by atomic mass is 10.0. The summed E-state index contributed by atoms with van der Waals surface area (Å²) in [6, 6.07) is 15.1. The van der Waals surface area contributed by atoms with E-state index in [1.54, 1.807) is 0 Å². The van der Waals surface area contributed by atoms with E-state index in [2.05, 4.69) is 34.9 Å². The molecule has 1 atom stereocenters. The van der Waals surface area contributed by atoms with Gasteiger partial charge in [-0.25, -0.2) is 0 Å². The van der Waals surface area contributed by atoms with Gasteiger partial charge in [-0.1, -0.05) is 42.5 Å². The van der Waals surface area contributed by atoms with E-state index in [0.717, 1.165) is 25.1 Å². The Bertz CT molecular complexity index is 617. The maximum atomic E-state index is 12.0. The maximum Gasteiger partial charge on any atom is 0.224 e. The summed E-state index contributed by atoms with van der Waals surface area (Å²) in [6.45, 7) is 1.89. The molecule has 1 fully saturated rings. The Kier molecular flexibility index (Phi) is 4.51. The van der Waals surface area contributed by atoms with E-state index >= 15 is 0 Å². The van der Waals surface area contributed by atoms with E-state index in [-0.39, 0.29) is 5.91 Å². The summed E-state index contributed by atoms with van der Waals surface area (Å²) in [5, 5.41) is 8.89. The zero-order valence-electron chi connectivity index (χ0n) is 12.3. The second kappa shape index (κ2) is 6.72. The summed E-state index contributed by atoms with van der Waals surface area (Å²) in [4.78, 5) is 12.0. The van der Waals surface area contributed by atoms with Crippen molar-refractivity contribution in [3.63, 3.8) is 0 Å². The fourth-order valence-electron chi connectivity index (χ4n) is 2.99.